The first-order valence-corrected chi connectivity index (χ1v) is 13.6. The first-order chi connectivity index (χ1) is 17.4. The lowest BCUT2D eigenvalue weighted by Crippen LogP contribution is -2.45. The molecule has 2 aromatic heterocycles. The third-order valence-corrected chi connectivity index (χ3v) is 8.18. The summed E-state index contributed by atoms with van der Waals surface area (Å²) in [6, 6.07) is 9.31. The van der Waals surface area contributed by atoms with Gasteiger partial charge in [-0.15, -0.1) is 0 Å². The summed E-state index contributed by atoms with van der Waals surface area (Å²) in [5.41, 5.74) is 4.66. The van der Waals surface area contributed by atoms with Gasteiger partial charge in [0.15, 0.2) is 0 Å². The average molecular weight is 493 g/mol. The molecule has 1 saturated heterocycles. The number of piperidine rings is 1. The average Bonchev–Trinajstić information content (AvgIpc) is 3.36. The van der Waals surface area contributed by atoms with Crippen LogP contribution in [0.1, 0.15) is 74.4 Å². The molecular formula is C29H41FN6. The molecule has 0 saturated carbocycles. The van der Waals surface area contributed by atoms with Gasteiger partial charge in [0.1, 0.15) is 5.67 Å². The van der Waals surface area contributed by atoms with E-state index in [1.807, 2.05) is 13.2 Å². The molecule has 36 heavy (non-hydrogen) atoms. The van der Waals surface area contributed by atoms with Crippen molar-refractivity contribution in [2.75, 3.05) is 39.8 Å². The van der Waals surface area contributed by atoms with Gasteiger partial charge in [0, 0.05) is 37.3 Å². The molecule has 2 atom stereocenters. The van der Waals surface area contributed by atoms with Gasteiger partial charge in [-0.05, 0) is 94.4 Å². The number of aromatic amines is 1. The monoisotopic (exact) mass is 492 g/mol. The highest BCUT2D eigenvalue weighted by Gasteiger charge is 2.34. The fourth-order valence-corrected chi connectivity index (χ4v) is 6.39. The van der Waals surface area contributed by atoms with Crippen molar-refractivity contribution in [3.05, 3.63) is 59.0 Å². The SMILES string of the molecule is CCC(CNC)N1CCC(c2ccc(C3c4ccc5[nH]ncc5c4CCN3CC(C)(C)F)nc2)CC1. The summed E-state index contributed by atoms with van der Waals surface area (Å²) in [7, 11) is 2.04. The van der Waals surface area contributed by atoms with Gasteiger partial charge < -0.3 is 5.32 Å². The second-order valence-corrected chi connectivity index (χ2v) is 11.3. The first-order valence-electron chi connectivity index (χ1n) is 13.6. The van der Waals surface area contributed by atoms with E-state index in [1.54, 1.807) is 13.8 Å². The fourth-order valence-electron chi connectivity index (χ4n) is 6.39. The Morgan fingerprint density at radius 3 is 2.61 bits per heavy atom. The number of aromatic nitrogens is 3. The summed E-state index contributed by atoms with van der Waals surface area (Å²) < 4.78 is 14.8. The second kappa shape index (κ2) is 10.6. The molecule has 0 spiro atoms. The van der Waals surface area contributed by atoms with Crippen LogP contribution in [-0.2, 0) is 6.42 Å². The molecule has 0 amide bonds. The van der Waals surface area contributed by atoms with Gasteiger partial charge in [-0.2, -0.15) is 5.10 Å². The summed E-state index contributed by atoms with van der Waals surface area (Å²) >= 11 is 0. The smallest absolute Gasteiger partial charge is 0.118 e. The van der Waals surface area contributed by atoms with Gasteiger partial charge in [0.05, 0.1) is 23.4 Å². The van der Waals surface area contributed by atoms with Gasteiger partial charge in [-0.25, -0.2) is 4.39 Å². The molecule has 0 radical (unpaired) electrons. The summed E-state index contributed by atoms with van der Waals surface area (Å²) in [5.74, 6) is 0.556. The van der Waals surface area contributed by atoms with Crippen molar-refractivity contribution in [3.63, 3.8) is 0 Å². The van der Waals surface area contributed by atoms with Crippen LogP contribution in [0.25, 0.3) is 10.9 Å². The minimum atomic E-state index is -1.27. The molecule has 4 heterocycles. The number of benzene rings is 1. The lowest BCUT2D eigenvalue weighted by molar-refractivity contribution is 0.0987. The van der Waals surface area contributed by atoms with Gasteiger partial charge in [0.25, 0.3) is 0 Å². The van der Waals surface area contributed by atoms with E-state index in [-0.39, 0.29) is 6.04 Å². The predicted molar refractivity (Wildman–Crippen MR) is 144 cm³/mol. The lowest BCUT2D eigenvalue weighted by atomic mass is 9.86. The number of nitrogens with one attached hydrogen (secondary N) is 2. The molecule has 0 bridgehead atoms. The Morgan fingerprint density at radius 2 is 1.94 bits per heavy atom. The highest BCUT2D eigenvalue weighted by Crippen LogP contribution is 2.39. The van der Waals surface area contributed by atoms with Crippen LogP contribution in [0.2, 0.25) is 0 Å². The van der Waals surface area contributed by atoms with E-state index in [9.17, 15) is 4.39 Å². The normalized spacial score (nSPS) is 21.1. The molecule has 2 aliphatic rings. The van der Waals surface area contributed by atoms with Crippen LogP contribution >= 0.6 is 0 Å². The number of H-pyrrole nitrogens is 1. The Morgan fingerprint density at radius 1 is 1.14 bits per heavy atom. The van der Waals surface area contributed by atoms with Crippen LogP contribution in [-0.4, -0.2) is 76.5 Å². The molecule has 6 nitrogen and oxygen atoms in total. The number of alkyl halides is 1. The zero-order chi connectivity index (χ0) is 25.3. The Labute approximate surface area is 214 Å². The highest BCUT2D eigenvalue weighted by atomic mass is 19.1. The summed E-state index contributed by atoms with van der Waals surface area (Å²) in [6.07, 6.45) is 8.43. The quantitative estimate of drug-likeness (QED) is 0.472. The lowest BCUT2D eigenvalue weighted by Gasteiger charge is -2.39. The summed E-state index contributed by atoms with van der Waals surface area (Å²) in [5, 5.41) is 11.9. The van der Waals surface area contributed by atoms with Crippen LogP contribution in [0.3, 0.4) is 0 Å². The second-order valence-electron chi connectivity index (χ2n) is 11.3. The van der Waals surface area contributed by atoms with E-state index in [4.69, 9.17) is 4.98 Å². The zero-order valence-corrected chi connectivity index (χ0v) is 22.2. The standard InChI is InChI=1S/C29H41FN6/c1-5-22(17-31-4)35-13-10-20(11-14-35)21-6-8-27(32-16-21)28-24-7-9-26-25(18-33-34-26)23(24)12-15-36(28)19-29(2,3)30/h6-9,16,18,20,22,28,31H,5,10-15,17,19H2,1-4H3,(H,33,34). The number of halogens is 1. The van der Waals surface area contributed by atoms with Crippen LogP contribution < -0.4 is 5.32 Å². The van der Waals surface area contributed by atoms with Crippen molar-refractivity contribution < 1.29 is 4.39 Å². The number of fused-ring (bicyclic) bond motifs is 3. The van der Waals surface area contributed by atoms with Gasteiger partial charge in [0.2, 0.25) is 0 Å². The molecule has 0 aliphatic carbocycles. The topological polar surface area (TPSA) is 60.1 Å². The van der Waals surface area contributed by atoms with E-state index < -0.39 is 5.67 Å². The number of likely N-dealkylation sites (tertiary alicyclic amines) is 1. The van der Waals surface area contributed by atoms with Crippen LogP contribution in [0, 0.1) is 0 Å². The van der Waals surface area contributed by atoms with Crippen LogP contribution in [0.5, 0.6) is 0 Å². The molecule has 7 heteroatoms. The minimum absolute atomic E-state index is 0.0502. The largest absolute Gasteiger partial charge is 0.318 e. The number of likely N-dealkylation sites (N-methyl/N-ethyl adjacent to an activating group) is 1. The Bertz CT molecular complexity index is 1140. The predicted octanol–water partition coefficient (Wildman–Crippen LogP) is 4.83. The Hall–Kier alpha value is -2.35. The molecule has 194 valence electrons. The Balaban J connectivity index is 1.38. The number of pyridine rings is 1. The molecule has 1 fully saturated rings. The van der Waals surface area contributed by atoms with E-state index in [0.29, 0.717) is 18.5 Å². The molecule has 1 aromatic carbocycles. The van der Waals surface area contributed by atoms with Crippen molar-refractivity contribution >= 4 is 10.9 Å². The minimum Gasteiger partial charge on any atom is -0.318 e. The van der Waals surface area contributed by atoms with Crippen molar-refractivity contribution in [1.29, 1.82) is 0 Å². The number of rotatable bonds is 8. The van der Waals surface area contributed by atoms with Gasteiger partial charge in [-0.1, -0.05) is 19.1 Å². The number of nitrogens with zero attached hydrogens (tertiary/aromatic N) is 4. The van der Waals surface area contributed by atoms with E-state index in [0.717, 1.165) is 43.8 Å². The van der Waals surface area contributed by atoms with Crippen molar-refractivity contribution in [3.8, 4) is 0 Å². The number of hydrogen-bond donors (Lipinski definition) is 2. The maximum Gasteiger partial charge on any atom is 0.118 e. The van der Waals surface area contributed by atoms with E-state index in [1.165, 1.54) is 41.3 Å². The zero-order valence-electron chi connectivity index (χ0n) is 22.2. The maximum absolute atomic E-state index is 14.8. The third-order valence-electron chi connectivity index (χ3n) is 8.18. The van der Waals surface area contributed by atoms with E-state index in [2.05, 4.69) is 62.7 Å². The van der Waals surface area contributed by atoms with Crippen LogP contribution in [0.4, 0.5) is 4.39 Å². The van der Waals surface area contributed by atoms with Gasteiger partial charge >= 0.3 is 0 Å². The Kier molecular flexibility index (Phi) is 7.42. The summed E-state index contributed by atoms with van der Waals surface area (Å²) in [4.78, 5) is 9.92. The van der Waals surface area contributed by atoms with Crippen molar-refractivity contribution in [2.45, 2.75) is 70.1 Å². The van der Waals surface area contributed by atoms with E-state index >= 15 is 0 Å². The highest BCUT2D eigenvalue weighted by molar-refractivity contribution is 5.83. The first kappa shape index (κ1) is 25.3. The third kappa shape index (κ3) is 5.20. The van der Waals surface area contributed by atoms with Crippen molar-refractivity contribution in [1.82, 2.24) is 30.3 Å². The fraction of sp³-hybridized carbons (Fsp3) is 0.586. The molecular weight excluding hydrogens is 451 g/mol. The summed E-state index contributed by atoms with van der Waals surface area (Å²) in [6.45, 7) is 10.1. The molecule has 2 aliphatic heterocycles. The van der Waals surface area contributed by atoms with Crippen LogP contribution in [0.15, 0.2) is 36.7 Å². The molecule has 3 aromatic rings. The maximum atomic E-state index is 14.8. The molecule has 2 unspecified atom stereocenters. The van der Waals surface area contributed by atoms with Gasteiger partial charge in [-0.3, -0.25) is 19.9 Å². The molecule has 2 N–H and O–H groups in total. The van der Waals surface area contributed by atoms with Crippen molar-refractivity contribution in [2.24, 2.45) is 0 Å². The number of hydrogen-bond acceptors (Lipinski definition) is 5. The molecule has 5 rings (SSSR count).